The number of aromatic nitrogens is 2. The molecule has 7 aromatic rings. The number of nitrogens with zero attached hydrogens (tertiary/aromatic N) is 3. The summed E-state index contributed by atoms with van der Waals surface area (Å²) in [4.78, 5) is 15.2. The molecule has 11 heteroatoms. The molecule has 0 saturated carbocycles. The van der Waals surface area contributed by atoms with Crippen molar-refractivity contribution >= 4 is 11.4 Å². The monoisotopic (exact) mass is 890 g/mol. The number of imidazole rings is 1. The van der Waals surface area contributed by atoms with E-state index in [1.807, 2.05) is 66.7 Å². The van der Waals surface area contributed by atoms with Gasteiger partial charge in [0.2, 0.25) is 0 Å². The van der Waals surface area contributed by atoms with Gasteiger partial charge in [0.05, 0.1) is 75.6 Å². The summed E-state index contributed by atoms with van der Waals surface area (Å²) < 4.78 is 27.0. The van der Waals surface area contributed by atoms with Gasteiger partial charge in [0, 0.05) is 68.1 Å². The van der Waals surface area contributed by atoms with Gasteiger partial charge in [-0.1, -0.05) is 158 Å². The fourth-order valence-electron chi connectivity index (χ4n) is 7.22. The smallest absolute Gasteiger partial charge is 0.138 e. The molecule has 2 heterocycles. The molecule has 344 valence electrons. The largest absolute Gasteiger partial charge is 0.490 e. The van der Waals surface area contributed by atoms with Crippen LogP contribution in [0, 0.1) is 0 Å². The summed E-state index contributed by atoms with van der Waals surface area (Å²) in [5, 5.41) is 18.7. The maximum Gasteiger partial charge on any atom is 0.138 e. The first kappa shape index (κ1) is 49.2. The van der Waals surface area contributed by atoms with Gasteiger partial charge in [-0.2, -0.15) is 0 Å². The zero-order valence-corrected chi connectivity index (χ0v) is 38.1. The van der Waals surface area contributed by atoms with Crippen LogP contribution in [0.15, 0.2) is 169 Å². The number of H-pyrrole nitrogens is 1. The molecule has 0 radical (unpaired) electrons. The Morgan fingerprint density at radius 2 is 1.02 bits per heavy atom. The molecule has 8 rings (SSSR count). The maximum atomic E-state index is 9.37. The van der Waals surface area contributed by atoms with Crippen molar-refractivity contribution in [3.63, 3.8) is 0 Å². The van der Waals surface area contributed by atoms with Crippen molar-refractivity contribution in [2.45, 2.75) is 19.6 Å². The number of fused-ring (bicyclic) bond motifs is 1. The topological polar surface area (TPSA) is 131 Å². The van der Waals surface area contributed by atoms with Crippen LogP contribution in [0.1, 0.15) is 22.3 Å². The van der Waals surface area contributed by atoms with Gasteiger partial charge in [-0.05, 0) is 17.2 Å². The number of rotatable bonds is 22. The average Bonchev–Trinajstić information content (AvgIpc) is 4.04. The van der Waals surface area contributed by atoms with Crippen LogP contribution >= 0.6 is 0 Å². The van der Waals surface area contributed by atoms with Crippen LogP contribution in [0.2, 0.25) is 0 Å². The van der Waals surface area contributed by atoms with Gasteiger partial charge >= 0.3 is 0 Å². The Morgan fingerprint density at radius 1 is 0.515 bits per heavy atom. The lowest BCUT2D eigenvalue weighted by Crippen LogP contribution is -2.33. The first-order valence-electron chi connectivity index (χ1n) is 22.4. The average molecular weight is 891 g/mol. The first-order valence-corrected chi connectivity index (χ1v) is 22.4. The van der Waals surface area contributed by atoms with Gasteiger partial charge in [0.15, 0.2) is 0 Å². The Kier molecular flexibility index (Phi) is 20.8. The second-order valence-electron chi connectivity index (χ2n) is 15.3. The first-order chi connectivity index (χ1) is 32.6. The van der Waals surface area contributed by atoms with Gasteiger partial charge in [-0.15, -0.1) is 0 Å². The van der Waals surface area contributed by atoms with E-state index in [0.717, 1.165) is 65.6 Å². The summed E-state index contributed by atoms with van der Waals surface area (Å²) in [5.74, 6) is 1.42. The molecule has 1 aromatic heterocycles. The Balaban J connectivity index is 0.000000170. The summed E-state index contributed by atoms with van der Waals surface area (Å²) >= 11 is 0. The number of methoxy groups -OCH3 is 2. The molecule has 0 atom stereocenters. The van der Waals surface area contributed by atoms with Crippen LogP contribution in [0.25, 0.3) is 33.9 Å². The summed E-state index contributed by atoms with van der Waals surface area (Å²) in [7, 11) is 3.39. The molecule has 66 heavy (non-hydrogen) atoms. The molecule has 1 aliphatic rings. The molecule has 0 spiro atoms. The summed E-state index contributed by atoms with van der Waals surface area (Å²) in [6, 6.07) is 54.9. The normalized spacial score (nSPS) is 11.6. The number of benzene rings is 6. The van der Waals surface area contributed by atoms with Gasteiger partial charge in [-0.25, -0.2) is 4.98 Å². The van der Waals surface area contributed by atoms with E-state index in [4.69, 9.17) is 28.7 Å². The number of aliphatic hydroxyl groups is 2. The third kappa shape index (κ3) is 15.1. The van der Waals surface area contributed by atoms with E-state index in [0.29, 0.717) is 63.1 Å². The Labute approximate surface area is 389 Å². The van der Waals surface area contributed by atoms with E-state index in [9.17, 15) is 10.2 Å². The van der Waals surface area contributed by atoms with Gasteiger partial charge in [-0.3, -0.25) is 9.89 Å². The van der Waals surface area contributed by atoms with Crippen LogP contribution < -0.4 is 4.74 Å². The highest BCUT2D eigenvalue weighted by atomic mass is 16.5. The number of hydrogen-bond acceptors (Lipinski definition) is 10. The second kappa shape index (κ2) is 27.9. The quantitative estimate of drug-likeness (QED) is 0.0570. The number of ether oxygens (including phenoxy) is 5. The number of aliphatic imine (C=N–C) groups is 1. The van der Waals surface area contributed by atoms with Crippen LogP contribution in [-0.2, 0) is 38.6 Å². The third-order valence-corrected chi connectivity index (χ3v) is 10.7. The SMILES string of the molecule is COCCN(CCOC)CCOCCOCCOc1c(CO)cccc1CO.c1ccc(-c2nc(-c3ccccc3)c(-c3ccccc3)[nH]2)cc1.c1ccc(C2=Nc3ccccc3C2)cc1. The van der Waals surface area contributed by atoms with E-state index >= 15 is 0 Å². The van der Waals surface area contributed by atoms with E-state index < -0.39 is 0 Å². The highest BCUT2D eigenvalue weighted by Gasteiger charge is 2.16. The molecule has 3 N–H and O–H groups in total. The molecule has 0 saturated heterocycles. The molecular formula is C55H62N4O7. The molecule has 0 unspecified atom stereocenters. The molecular weight excluding hydrogens is 829 g/mol. The van der Waals surface area contributed by atoms with Gasteiger partial charge in [0.1, 0.15) is 18.2 Å². The van der Waals surface area contributed by atoms with Crippen molar-refractivity contribution in [2.24, 2.45) is 4.99 Å². The molecule has 0 fully saturated rings. The van der Waals surface area contributed by atoms with Crippen molar-refractivity contribution in [3.05, 3.63) is 186 Å². The van der Waals surface area contributed by atoms with Crippen molar-refractivity contribution < 1.29 is 33.9 Å². The minimum Gasteiger partial charge on any atom is -0.490 e. The third-order valence-electron chi connectivity index (χ3n) is 10.7. The highest BCUT2D eigenvalue weighted by molar-refractivity contribution is 6.06. The minimum absolute atomic E-state index is 0.135. The predicted molar refractivity (Wildman–Crippen MR) is 263 cm³/mol. The summed E-state index contributed by atoms with van der Waals surface area (Å²) in [6.07, 6.45) is 0.959. The standard InChI is InChI=1S/C21H16N2.C20H35NO7.C14H11N/c1-4-10-16(11-5-1)19-20(17-12-6-2-7-13-17)23-21(22-19)18-14-8-3-9-15-18;1-24-9-6-21(7-10-25-2)8-11-26-12-13-27-14-15-28-20-18(16-22)4-3-5-19(20)17-23;1-2-6-11(7-3-1)14-10-12-8-4-5-9-13(12)15-14/h1-15H,(H,22,23);3-5,22-23H,6-17H2,1-2H3;1-9H,10H2. The fourth-order valence-corrected chi connectivity index (χ4v) is 7.22. The Hall–Kier alpha value is -6.28. The van der Waals surface area contributed by atoms with Crippen molar-refractivity contribution in [3.8, 4) is 39.7 Å². The van der Waals surface area contributed by atoms with Crippen molar-refractivity contribution in [1.29, 1.82) is 0 Å². The van der Waals surface area contributed by atoms with E-state index in [2.05, 4.69) is 93.7 Å². The van der Waals surface area contributed by atoms with Crippen LogP contribution in [0.3, 0.4) is 0 Å². The number of nitrogens with one attached hydrogen (secondary N) is 1. The fraction of sp³-hybridized carbons (Fsp3) is 0.273. The number of aliphatic hydroxyl groups excluding tert-OH is 2. The minimum atomic E-state index is -0.135. The van der Waals surface area contributed by atoms with Crippen molar-refractivity contribution in [1.82, 2.24) is 14.9 Å². The Bertz CT molecular complexity index is 2360. The number of hydrogen-bond donors (Lipinski definition) is 3. The van der Waals surface area contributed by atoms with E-state index in [-0.39, 0.29) is 13.2 Å². The zero-order chi connectivity index (χ0) is 46.0. The van der Waals surface area contributed by atoms with Crippen molar-refractivity contribution in [2.75, 3.05) is 80.1 Å². The lowest BCUT2D eigenvalue weighted by molar-refractivity contribution is 0.0241. The summed E-state index contributed by atoms with van der Waals surface area (Å²) in [5.41, 5.74) is 11.5. The Morgan fingerprint density at radius 3 is 1.59 bits per heavy atom. The van der Waals surface area contributed by atoms with Gasteiger partial charge in [0.25, 0.3) is 0 Å². The van der Waals surface area contributed by atoms with E-state index in [1.54, 1.807) is 32.4 Å². The van der Waals surface area contributed by atoms with Crippen LogP contribution in [0.5, 0.6) is 5.75 Å². The lowest BCUT2D eigenvalue weighted by atomic mass is 10.0. The molecule has 0 bridgehead atoms. The highest BCUT2D eigenvalue weighted by Crippen LogP contribution is 2.33. The molecule has 6 aromatic carbocycles. The lowest BCUT2D eigenvalue weighted by Gasteiger charge is -2.21. The second-order valence-corrected chi connectivity index (χ2v) is 15.3. The maximum absolute atomic E-state index is 9.37. The molecule has 11 nitrogen and oxygen atoms in total. The van der Waals surface area contributed by atoms with E-state index in [1.165, 1.54) is 16.8 Å². The predicted octanol–water partition coefficient (Wildman–Crippen LogP) is 9.45. The summed E-state index contributed by atoms with van der Waals surface area (Å²) in [6.45, 7) is 5.97. The van der Waals surface area contributed by atoms with Gasteiger partial charge < -0.3 is 38.9 Å². The number of aromatic amines is 1. The van der Waals surface area contributed by atoms with Crippen LogP contribution in [-0.4, -0.2) is 111 Å². The molecule has 0 aliphatic carbocycles. The van der Waals surface area contributed by atoms with Crippen LogP contribution in [0.4, 0.5) is 5.69 Å². The number of para-hydroxylation sites is 2. The zero-order valence-electron chi connectivity index (χ0n) is 38.1. The molecule has 0 amide bonds. The molecule has 1 aliphatic heterocycles.